The monoisotopic (exact) mass is 348 g/mol. The number of nitro groups is 1. The smallest absolute Gasteiger partial charge is 0.292 e. The number of piperidine rings is 1. The summed E-state index contributed by atoms with van der Waals surface area (Å²) in [5.41, 5.74) is 5.21. The summed E-state index contributed by atoms with van der Waals surface area (Å²) in [6.07, 6.45) is 1.87. The first-order chi connectivity index (χ1) is 12.0. The lowest BCUT2D eigenvalue weighted by molar-refractivity contribution is -0.383. The van der Waals surface area contributed by atoms with Crippen LogP contribution in [0.15, 0.2) is 12.1 Å². The van der Waals surface area contributed by atoms with E-state index in [2.05, 4.69) is 5.32 Å². The van der Waals surface area contributed by atoms with Gasteiger partial charge in [0.05, 0.1) is 16.1 Å². The van der Waals surface area contributed by atoms with Gasteiger partial charge in [0.2, 0.25) is 0 Å². The summed E-state index contributed by atoms with van der Waals surface area (Å²) in [5, 5.41) is 23.7. The zero-order valence-corrected chi connectivity index (χ0v) is 13.6. The molecule has 4 N–H and O–H groups in total. The molecule has 0 bridgehead atoms. The topological polar surface area (TPSA) is 139 Å². The van der Waals surface area contributed by atoms with Crippen LogP contribution in [0.1, 0.15) is 40.0 Å². The van der Waals surface area contributed by atoms with Gasteiger partial charge in [-0.2, -0.15) is 0 Å². The highest BCUT2D eigenvalue weighted by Gasteiger charge is 2.43. The van der Waals surface area contributed by atoms with E-state index in [1.165, 1.54) is 6.07 Å². The molecule has 3 rings (SSSR count). The van der Waals surface area contributed by atoms with Crippen LogP contribution in [0, 0.1) is 16.0 Å². The zero-order chi connectivity index (χ0) is 18.1. The number of carbonyl (C=O) groups is 2. The molecular formula is C16H20N4O5. The SMILES string of the molecule is Nc1cc2c(cc1[N+](=O)[O-])C(=O)N(C(CCO)C1CCNCC1)C2=O. The van der Waals surface area contributed by atoms with Gasteiger partial charge in [-0.05, 0) is 44.3 Å². The highest BCUT2D eigenvalue weighted by Crippen LogP contribution is 2.35. The Labute approximate surface area is 143 Å². The third-order valence-corrected chi connectivity index (χ3v) is 4.95. The molecule has 1 unspecified atom stereocenters. The molecule has 1 fully saturated rings. The fourth-order valence-electron chi connectivity index (χ4n) is 3.71. The fraction of sp³-hybridized carbons (Fsp3) is 0.500. The first-order valence-electron chi connectivity index (χ1n) is 8.23. The van der Waals surface area contributed by atoms with E-state index in [1.807, 2.05) is 0 Å². The predicted octanol–water partition coefficient (Wildman–Crippen LogP) is 0.524. The van der Waals surface area contributed by atoms with Crippen molar-refractivity contribution in [2.75, 3.05) is 25.4 Å². The molecule has 1 aromatic rings. The van der Waals surface area contributed by atoms with Crippen molar-refractivity contribution in [1.82, 2.24) is 10.2 Å². The van der Waals surface area contributed by atoms with Crippen molar-refractivity contribution in [1.29, 1.82) is 0 Å². The van der Waals surface area contributed by atoms with E-state index in [1.54, 1.807) is 0 Å². The molecule has 9 nitrogen and oxygen atoms in total. The van der Waals surface area contributed by atoms with Crippen molar-refractivity contribution in [3.63, 3.8) is 0 Å². The number of anilines is 1. The molecule has 2 amide bonds. The average Bonchev–Trinajstić information content (AvgIpc) is 2.83. The molecule has 2 aliphatic heterocycles. The van der Waals surface area contributed by atoms with Crippen LogP contribution in [-0.2, 0) is 0 Å². The van der Waals surface area contributed by atoms with Gasteiger partial charge >= 0.3 is 0 Å². The molecule has 0 aliphatic carbocycles. The quantitative estimate of drug-likeness (QED) is 0.305. The van der Waals surface area contributed by atoms with Gasteiger partial charge < -0.3 is 16.2 Å². The van der Waals surface area contributed by atoms with Crippen molar-refractivity contribution in [3.05, 3.63) is 33.4 Å². The number of nitrogens with zero attached hydrogens (tertiary/aromatic N) is 2. The standard InChI is InChI=1S/C16H20N4O5/c17-12-7-10-11(8-14(12)20(24)25)16(23)19(15(10)22)13(3-6-21)9-1-4-18-5-2-9/h7-9,13,18,21H,1-6,17H2. The molecule has 1 atom stereocenters. The molecule has 2 heterocycles. The molecule has 0 radical (unpaired) electrons. The predicted molar refractivity (Wildman–Crippen MR) is 89.1 cm³/mol. The van der Waals surface area contributed by atoms with Crippen LogP contribution in [0.3, 0.4) is 0 Å². The number of fused-ring (bicyclic) bond motifs is 1. The summed E-state index contributed by atoms with van der Waals surface area (Å²) in [6.45, 7) is 1.42. The highest BCUT2D eigenvalue weighted by atomic mass is 16.6. The zero-order valence-electron chi connectivity index (χ0n) is 13.6. The molecule has 0 aromatic heterocycles. The molecule has 2 aliphatic rings. The van der Waals surface area contributed by atoms with Crippen molar-refractivity contribution < 1.29 is 19.6 Å². The number of carbonyl (C=O) groups excluding carboxylic acids is 2. The lowest BCUT2D eigenvalue weighted by Gasteiger charge is -2.35. The van der Waals surface area contributed by atoms with Crippen molar-refractivity contribution in [2.24, 2.45) is 5.92 Å². The van der Waals surface area contributed by atoms with Gasteiger partial charge in [-0.25, -0.2) is 0 Å². The second-order valence-corrected chi connectivity index (χ2v) is 6.36. The van der Waals surface area contributed by atoms with Crippen LogP contribution in [0.4, 0.5) is 11.4 Å². The Bertz CT molecular complexity index is 729. The number of rotatable bonds is 5. The number of amides is 2. The Morgan fingerprint density at radius 3 is 2.44 bits per heavy atom. The fourth-order valence-corrected chi connectivity index (χ4v) is 3.71. The van der Waals surface area contributed by atoms with Gasteiger partial charge in [0.1, 0.15) is 5.69 Å². The lowest BCUT2D eigenvalue weighted by atomic mass is 9.87. The summed E-state index contributed by atoms with van der Waals surface area (Å²) in [4.78, 5) is 37.1. The van der Waals surface area contributed by atoms with Crippen LogP contribution in [0.2, 0.25) is 0 Å². The van der Waals surface area contributed by atoms with E-state index in [0.717, 1.165) is 36.9 Å². The van der Waals surface area contributed by atoms with Crippen LogP contribution in [-0.4, -0.2) is 52.5 Å². The lowest BCUT2D eigenvalue weighted by Crippen LogP contribution is -2.47. The normalized spacial score (nSPS) is 19.2. The molecule has 0 spiro atoms. The van der Waals surface area contributed by atoms with E-state index in [-0.39, 0.29) is 41.4 Å². The highest BCUT2D eigenvalue weighted by molar-refractivity contribution is 6.22. The number of nitrogen functional groups attached to an aromatic ring is 1. The molecule has 134 valence electrons. The van der Waals surface area contributed by atoms with E-state index in [0.29, 0.717) is 0 Å². The first kappa shape index (κ1) is 17.3. The van der Waals surface area contributed by atoms with Crippen molar-refractivity contribution in [3.8, 4) is 0 Å². The first-order valence-corrected chi connectivity index (χ1v) is 8.23. The Balaban J connectivity index is 1.98. The number of nitrogens with one attached hydrogen (secondary N) is 1. The Morgan fingerprint density at radius 1 is 1.28 bits per heavy atom. The Kier molecular flexibility index (Phi) is 4.69. The number of imide groups is 1. The third kappa shape index (κ3) is 2.96. The number of hydrogen-bond acceptors (Lipinski definition) is 7. The Hall–Kier alpha value is -2.52. The van der Waals surface area contributed by atoms with Crippen molar-refractivity contribution in [2.45, 2.75) is 25.3 Å². The summed E-state index contributed by atoms with van der Waals surface area (Å²) in [7, 11) is 0. The maximum absolute atomic E-state index is 12.8. The maximum atomic E-state index is 12.8. The van der Waals surface area contributed by atoms with E-state index < -0.39 is 22.8 Å². The summed E-state index contributed by atoms with van der Waals surface area (Å²) in [5.74, 6) is -0.971. The van der Waals surface area contributed by atoms with Crippen LogP contribution in [0.25, 0.3) is 0 Å². The summed E-state index contributed by atoms with van der Waals surface area (Å²) in [6, 6.07) is 1.84. The number of nitro benzene ring substituents is 1. The molecule has 25 heavy (non-hydrogen) atoms. The third-order valence-electron chi connectivity index (χ3n) is 4.95. The minimum absolute atomic E-state index is 0.00257. The summed E-state index contributed by atoms with van der Waals surface area (Å²) >= 11 is 0. The largest absolute Gasteiger partial charge is 0.396 e. The van der Waals surface area contributed by atoms with E-state index in [4.69, 9.17) is 5.73 Å². The minimum Gasteiger partial charge on any atom is -0.396 e. The molecule has 1 saturated heterocycles. The van der Waals surface area contributed by atoms with Gasteiger partial charge in [0.25, 0.3) is 17.5 Å². The molecule has 0 saturated carbocycles. The number of aliphatic hydroxyl groups excluding tert-OH is 1. The number of benzene rings is 1. The van der Waals surface area contributed by atoms with Crippen LogP contribution >= 0.6 is 0 Å². The second kappa shape index (κ2) is 6.77. The van der Waals surface area contributed by atoms with Crippen LogP contribution in [0.5, 0.6) is 0 Å². The van der Waals surface area contributed by atoms with Gasteiger partial charge in [-0.15, -0.1) is 0 Å². The minimum atomic E-state index is -0.673. The van der Waals surface area contributed by atoms with Gasteiger partial charge in [-0.3, -0.25) is 24.6 Å². The molecular weight excluding hydrogens is 328 g/mol. The van der Waals surface area contributed by atoms with Crippen LogP contribution < -0.4 is 11.1 Å². The van der Waals surface area contributed by atoms with E-state index in [9.17, 15) is 24.8 Å². The van der Waals surface area contributed by atoms with Gasteiger partial charge in [0.15, 0.2) is 0 Å². The summed E-state index contributed by atoms with van der Waals surface area (Å²) < 4.78 is 0. The van der Waals surface area contributed by atoms with Gasteiger partial charge in [-0.1, -0.05) is 0 Å². The Morgan fingerprint density at radius 2 is 1.88 bits per heavy atom. The maximum Gasteiger partial charge on any atom is 0.292 e. The van der Waals surface area contributed by atoms with E-state index >= 15 is 0 Å². The number of hydrogen-bond donors (Lipinski definition) is 3. The van der Waals surface area contributed by atoms with Crippen molar-refractivity contribution >= 4 is 23.2 Å². The molecule has 9 heteroatoms. The molecule has 1 aromatic carbocycles. The second-order valence-electron chi connectivity index (χ2n) is 6.36. The number of nitrogens with two attached hydrogens (primary N) is 1. The van der Waals surface area contributed by atoms with Gasteiger partial charge in [0, 0.05) is 18.7 Å². The average molecular weight is 348 g/mol. The number of aliphatic hydroxyl groups is 1.